The van der Waals surface area contributed by atoms with E-state index in [0.29, 0.717) is 35.5 Å². The zero-order valence-corrected chi connectivity index (χ0v) is 25.8. The summed E-state index contributed by atoms with van der Waals surface area (Å²) >= 11 is 1.58. The van der Waals surface area contributed by atoms with Gasteiger partial charge in [-0.15, -0.1) is 11.3 Å². The maximum Gasteiger partial charge on any atom is 0.257 e. The first kappa shape index (κ1) is 28.3. The number of thiophene rings is 1. The van der Waals surface area contributed by atoms with Crippen LogP contribution in [0.25, 0.3) is 32.0 Å². The van der Waals surface area contributed by atoms with E-state index in [2.05, 4.69) is 26.3 Å². The van der Waals surface area contributed by atoms with Crippen molar-refractivity contribution in [2.75, 3.05) is 25.1 Å². The van der Waals surface area contributed by atoms with Gasteiger partial charge in [0.25, 0.3) is 5.91 Å². The molecule has 3 aliphatic heterocycles. The van der Waals surface area contributed by atoms with Crippen molar-refractivity contribution in [1.29, 1.82) is 0 Å². The van der Waals surface area contributed by atoms with Crippen molar-refractivity contribution in [3.63, 3.8) is 0 Å². The number of nitrogens with zero attached hydrogens (tertiary/aromatic N) is 5. The van der Waals surface area contributed by atoms with Crippen molar-refractivity contribution in [2.24, 2.45) is 5.92 Å². The van der Waals surface area contributed by atoms with E-state index in [-0.39, 0.29) is 17.8 Å². The van der Waals surface area contributed by atoms with Crippen molar-refractivity contribution in [3.05, 3.63) is 77.1 Å². The van der Waals surface area contributed by atoms with Crippen LogP contribution in [-0.2, 0) is 17.7 Å². The van der Waals surface area contributed by atoms with Gasteiger partial charge in [-0.25, -0.2) is 14.4 Å². The molecule has 1 N–H and O–H groups in total. The fraction of sp³-hybridized carbons (Fsp3) is 0.382. The number of hydrogen-bond donors (Lipinski definition) is 1. The molecule has 8 heterocycles. The third-order valence-corrected chi connectivity index (χ3v) is 10.4. The second-order valence-electron chi connectivity index (χ2n) is 12.1. The Morgan fingerprint density at radius 1 is 1.09 bits per heavy atom. The van der Waals surface area contributed by atoms with Crippen LogP contribution in [0.15, 0.2) is 47.4 Å². The van der Waals surface area contributed by atoms with E-state index in [4.69, 9.17) is 14.1 Å². The van der Waals surface area contributed by atoms with Crippen LogP contribution in [0.4, 0.5) is 10.2 Å². The third-order valence-electron chi connectivity index (χ3n) is 9.21. The van der Waals surface area contributed by atoms with Gasteiger partial charge in [-0.05, 0) is 80.5 Å². The van der Waals surface area contributed by atoms with Crippen LogP contribution < -0.4 is 5.32 Å². The number of oxazole rings is 1. The second-order valence-corrected chi connectivity index (χ2v) is 13.2. The zero-order valence-electron chi connectivity index (χ0n) is 25.0. The molecule has 0 aromatic carbocycles. The number of nitrogens with one attached hydrogen (secondary N) is 1. The minimum atomic E-state index is -0.377. The summed E-state index contributed by atoms with van der Waals surface area (Å²) in [4.78, 5) is 35.6. The molecule has 0 spiro atoms. The zero-order chi connectivity index (χ0) is 30.5. The molecule has 2 saturated heterocycles. The number of fused-ring (bicyclic) bond motifs is 4. The van der Waals surface area contributed by atoms with Crippen LogP contribution in [0.2, 0.25) is 0 Å². The first-order chi connectivity index (χ1) is 22.0. The monoisotopic (exact) mass is 624 g/mol. The Morgan fingerprint density at radius 3 is 2.80 bits per heavy atom. The minimum absolute atomic E-state index is 0.00146. The number of aromatic nitrogens is 4. The predicted molar refractivity (Wildman–Crippen MR) is 169 cm³/mol. The normalized spacial score (nSPS) is 18.1. The summed E-state index contributed by atoms with van der Waals surface area (Å²) in [5.41, 5.74) is 4.87. The van der Waals surface area contributed by atoms with Gasteiger partial charge in [0.05, 0.1) is 45.7 Å². The van der Waals surface area contributed by atoms with Gasteiger partial charge in [-0.3, -0.25) is 14.8 Å². The first-order valence-electron chi connectivity index (χ1n) is 15.6. The van der Waals surface area contributed by atoms with E-state index in [1.807, 2.05) is 17.9 Å². The van der Waals surface area contributed by atoms with Crippen LogP contribution in [0.3, 0.4) is 0 Å². The van der Waals surface area contributed by atoms with E-state index >= 15 is 0 Å². The van der Waals surface area contributed by atoms with E-state index < -0.39 is 0 Å². The molecule has 0 bridgehead atoms. The minimum Gasteiger partial charge on any atom is -0.441 e. The van der Waals surface area contributed by atoms with Gasteiger partial charge in [0.15, 0.2) is 0 Å². The highest BCUT2D eigenvalue weighted by Gasteiger charge is 2.44. The lowest BCUT2D eigenvalue weighted by atomic mass is 9.90. The third kappa shape index (κ3) is 5.17. The molecule has 0 saturated carbocycles. The summed E-state index contributed by atoms with van der Waals surface area (Å²) in [6.07, 6.45) is 12.1. The lowest BCUT2D eigenvalue weighted by Gasteiger charge is -2.22. The smallest absolute Gasteiger partial charge is 0.257 e. The van der Waals surface area contributed by atoms with Gasteiger partial charge in [-0.1, -0.05) is 0 Å². The maximum absolute atomic E-state index is 14.1. The van der Waals surface area contributed by atoms with E-state index in [1.165, 1.54) is 12.3 Å². The first-order valence-corrected chi connectivity index (χ1v) is 16.5. The quantitative estimate of drug-likeness (QED) is 0.195. The number of carbonyl (C=O) groups is 1. The lowest BCUT2D eigenvalue weighted by Crippen LogP contribution is -2.22. The number of anilines is 1. The molecular weight excluding hydrogens is 591 g/mol. The summed E-state index contributed by atoms with van der Waals surface area (Å²) in [6, 6.07) is 5.57. The standard InChI is InChI=1S/C34H33FN6O3S/c1-19-15-39-33(44-19)27-24(5-4-20-7-11-43-12-8-20)40-30-25-3-2-10-41(25)34(42)29(30)28(27)26-14-22-6-9-37-32(31(22)45-26)38-17-21-13-23(35)18-36-16-21/h6,9,13-16,18,20,25H,2-5,7-8,10-12,17H2,1H3,(H,37,38)/t25-/m0/s1. The number of rotatable bonds is 8. The number of carbonyl (C=O) groups excluding carboxylic acids is 1. The van der Waals surface area contributed by atoms with Crippen LogP contribution >= 0.6 is 11.3 Å². The Balaban J connectivity index is 1.28. The van der Waals surface area contributed by atoms with Crippen molar-refractivity contribution in [3.8, 4) is 21.9 Å². The molecule has 8 rings (SSSR count). The molecule has 230 valence electrons. The van der Waals surface area contributed by atoms with Crippen LogP contribution in [0.5, 0.6) is 0 Å². The summed E-state index contributed by atoms with van der Waals surface area (Å²) in [5.74, 6) is 2.11. The van der Waals surface area contributed by atoms with Crippen LogP contribution in [0, 0.1) is 18.7 Å². The summed E-state index contributed by atoms with van der Waals surface area (Å²) in [5, 5.41) is 4.37. The molecule has 1 atom stereocenters. The number of amides is 1. The van der Waals surface area contributed by atoms with Crippen LogP contribution in [0.1, 0.15) is 71.2 Å². The van der Waals surface area contributed by atoms with E-state index in [9.17, 15) is 9.18 Å². The summed E-state index contributed by atoms with van der Waals surface area (Å²) in [6.45, 7) is 4.60. The molecule has 3 aliphatic rings. The Morgan fingerprint density at radius 2 is 1.98 bits per heavy atom. The SMILES string of the molecule is Cc1cnc(-c2c(CCC3CCOCC3)nc3c(c2-c2cc4ccnc(NCc5cncc(F)c5)c4s2)C(=O)N2CCC[C@@H]32)o1. The number of aryl methyl sites for hydroxylation is 2. The van der Waals surface area contributed by atoms with Crippen LogP contribution in [-0.4, -0.2) is 50.5 Å². The highest BCUT2D eigenvalue weighted by Crippen LogP contribution is 2.50. The molecule has 0 unspecified atom stereocenters. The van der Waals surface area contributed by atoms with Crippen molar-refractivity contribution < 1.29 is 18.3 Å². The number of hydrogen-bond acceptors (Lipinski definition) is 9. The van der Waals surface area contributed by atoms with Crippen molar-refractivity contribution >= 4 is 33.1 Å². The van der Waals surface area contributed by atoms with Crippen molar-refractivity contribution in [1.82, 2.24) is 24.8 Å². The summed E-state index contributed by atoms with van der Waals surface area (Å²) < 4.78 is 26.5. The topological polar surface area (TPSA) is 106 Å². The number of ether oxygens (including phenoxy) is 1. The number of halogens is 1. The van der Waals surface area contributed by atoms with Gasteiger partial charge in [0.1, 0.15) is 17.4 Å². The fourth-order valence-corrected chi connectivity index (χ4v) is 8.18. The molecule has 9 nitrogen and oxygen atoms in total. The molecule has 0 radical (unpaired) electrons. The Bertz CT molecular complexity index is 1920. The predicted octanol–water partition coefficient (Wildman–Crippen LogP) is 7.12. The molecule has 0 aliphatic carbocycles. The highest BCUT2D eigenvalue weighted by atomic mass is 32.1. The van der Waals surface area contributed by atoms with Gasteiger partial charge < -0.3 is 19.4 Å². The second kappa shape index (κ2) is 11.6. The van der Waals surface area contributed by atoms with E-state index in [0.717, 1.165) is 101 Å². The summed E-state index contributed by atoms with van der Waals surface area (Å²) in [7, 11) is 0. The fourth-order valence-electron chi connectivity index (χ4n) is 7.01. The van der Waals surface area contributed by atoms with Gasteiger partial charge in [0.2, 0.25) is 5.89 Å². The Kier molecular flexibility index (Phi) is 7.29. The molecule has 1 amide bonds. The largest absolute Gasteiger partial charge is 0.441 e. The molecule has 5 aromatic heterocycles. The molecule has 45 heavy (non-hydrogen) atoms. The van der Waals surface area contributed by atoms with Gasteiger partial charge >= 0.3 is 0 Å². The van der Waals surface area contributed by atoms with Gasteiger partial charge in [0, 0.05) is 49.1 Å². The average molecular weight is 625 g/mol. The maximum atomic E-state index is 14.1. The highest BCUT2D eigenvalue weighted by molar-refractivity contribution is 7.23. The van der Waals surface area contributed by atoms with E-state index in [1.54, 1.807) is 29.9 Å². The molecular formula is C34H33FN6O3S. The molecule has 5 aromatic rings. The molecule has 2 fully saturated rings. The average Bonchev–Trinajstić information content (AvgIpc) is 3.85. The lowest BCUT2D eigenvalue weighted by molar-refractivity contribution is 0.0639. The van der Waals surface area contributed by atoms with Gasteiger partial charge in [-0.2, -0.15) is 0 Å². The Labute approximate surface area is 263 Å². The number of pyridine rings is 3. The Hall–Kier alpha value is -4.22. The molecule has 11 heteroatoms. The van der Waals surface area contributed by atoms with Crippen molar-refractivity contribution in [2.45, 2.75) is 58.0 Å².